The van der Waals surface area contributed by atoms with Gasteiger partial charge in [-0.3, -0.25) is 4.98 Å². The standard InChI is InChI=1S/C17H20F2N2/c1-3-8-20-17(16-7-6-15(19)11-21-16)10-13-4-5-14(18)9-12(13)2/h4-7,9,11,17,20H,3,8,10H2,1-2H3. The van der Waals surface area contributed by atoms with Crippen molar-refractivity contribution >= 4 is 0 Å². The van der Waals surface area contributed by atoms with Gasteiger partial charge in [-0.05, 0) is 61.7 Å². The molecule has 1 aromatic carbocycles. The van der Waals surface area contributed by atoms with Gasteiger partial charge in [0.05, 0.1) is 17.9 Å². The highest BCUT2D eigenvalue weighted by molar-refractivity contribution is 5.28. The van der Waals surface area contributed by atoms with E-state index < -0.39 is 0 Å². The number of hydrogen-bond donors (Lipinski definition) is 1. The second-order valence-electron chi connectivity index (χ2n) is 5.18. The van der Waals surface area contributed by atoms with E-state index in [1.54, 1.807) is 12.1 Å². The highest BCUT2D eigenvalue weighted by Crippen LogP contribution is 2.20. The highest BCUT2D eigenvalue weighted by Gasteiger charge is 2.14. The molecule has 0 amide bonds. The molecule has 2 nitrogen and oxygen atoms in total. The topological polar surface area (TPSA) is 24.9 Å². The molecule has 0 fully saturated rings. The predicted octanol–water partition coefficient (Wildman–Crippen LogP) is 3.95. The summed E-state index contributed by atoms with van der Waals surface area (Å²) in [7, 11) is 0. The molecule has 0 saturated carbocycles. The fraction of sp³-hybridized carbons (Fsp3) is 0.353. The molecular formula is C17H20F2N2. The summed E-state index contributed by atoms with van der Waals surface area (Å²) in [5, 5.41) is 3.42. The van der Waals surface area contributed by atoms with Gasteiger partial charge in [-0.25, -0.2) is 8.78 Å². The minimum Gasteiger partial charge on any atom is -0.308 e. The second-order valence-corrected chi connectivity index (χ2v) is 5.18. The molecular weight excluding hydrogens is 270 g/mol. The summed E-state index contributed by atoms with van der Waals surface area (Å²) in [6, 6.07) is 7.91. The van der Waals surface area contributed by atoms with Crippen molar-refractivity contribution in [3.8, 4) is 0 Å². The Morgan fingerprint density at radius 1 is 1.14 bits per heavy atom. The third kappa shape index (κ3) is 4.33. The Labute approximate surface area is 124 Å². The number of benzene rings is 1. The van der Waals surface area contributed by atoms with Crippen LogP contribution in [0.3, 0.4) is 0 Å². The molecule has 112 valence electrons. The van der Waals surface area contributed by atoms with Crippen molar-refractivity contribution in [2.24, 2.45) is 0 Å². The van der Waals surface area contributed by atoms with Crippen LogP contribution >= 0.6 is 0 Å². The van der Waals surface area contributed by atoms with Crippen LogP contribution in [0.2, 0.25) is 0 Å². The Hall–Kier alpha value is -1.81. The zero-order valence-corrected chi connectivity index (χ0v) is 12.4. The third-order valence-electron chi connectivity index (χ3n) is 3.48. The molecule has 0 spiro atoms. The van der Waals surface area contributed by atoms with Crippen molar-refractivity contribution in [1.82, 2.24) is 10.3 Å². The predicted molar refractivity (Wildman–Crippen MR) is 80.1 cm³/mol. The number of aryl methyl sites for hydroxylation is 1. The van der Waals surface area contributed by atoms with E-state index in [9.17, 15) is 8.78 Å². The summed E-state index contributed by atoms with van der Waals surface area (Å²) in [6.45, 7) is 4.84. The fourth-order valence-electron chi connectivity index (χ4n) is 2.30. The molecule has 0 aliphatic rings. The fourth-order valence-corrected chi connectivity index (χ4v) is 2.30. The van der Waals surface area contributed by atoms with Gasteiger partial charge >= 0.3 is 0 Å². The lowest BCUT2D eigenvalue weighted by atomic mass is 9.98. The van der Waals surface area contributed by atoms with Gasteiger partial charge in [-0.2, -0.15) is 0 Å². The summed E-state index contributed by atoms with van der Waals surface area (Å²) < 4.78 is 26.2. The Balaban J connectivity index is 2.21. The van der Waals surface area contributed by atoms with Gasteiger partial charge < -0.3 is 5.32 Å². The average molecular weight is 290 g/mol. The minimum absolute atomic E-state index is 0.00490. The van der Waals surface area contributed by atoms with Gasteiger partial charge in [0.25, 0.3) is 0 Å². The first kappa shape index (κ1) is 15.6. The maximum atomic E-state index is 13.2. The molecule has 21 heavy (non-hydrogen) atoms. The van der Waals surface area contributed by atoms with Crippen molar-refractivity contribution in [3.05, 3.63) is 65.0 Å². The van der Waals surface area contributed by atoms with Gasteiger partial charge in [0.2, 0.25) is 0 Å². The van der Waals surface area contributed by atoms with Crippen LogP contribution in [0, 0.1) is 18.6 Å². The first-order valence-electron chi connectivity index (χ1n) is 7.20. The molecule has 1 atom stereocenters. The highest BCUT2D eigenvalue weighted by atomic mass is 19.1. The lowest BCUT2D eigenvalue weighted by Gasteiger charge is -2.19. The lowest BCUT2D eigenvalue weighted by molar-refractivity contribution is 0.513. The largest absolute Gasteiger partial charge is 0.308 e. The molecule has 1 heterocycles. The number of aromatic nitrogens is 1. The number of hydrogen-bond acceptors (Lipinski definition) is 2. The van der Waals surface area contributed by atoms with E-state index in [1.807, 2.05) is 6.92 Å². The summed E-state index contributed by atoms with van der Waals surface area (Å²) in [6.07, 6.45) is 2.93. The van der Waals surface area contributed by atoms with Gasteiger partial charge in [-0.15, -0.1) is 0 Å². The van der Waals surface area contributed by atoms with Crippen LogP contribution in [-0.2, 0) is 6.42 Å². The van der Waals surface area contributed by atoms with Crippen LogP contribution in [0.1, 0.15) is 36.2 Å². The molecule has 4 heteroatoms. The minimum atomic E-state index is -0.342. The Kier molecular flexibility index (Phi) is 5.39. The number of pyridine rings is 1. The van der Waals surface area contributed by atoms with E-state index in [-0.39, 0.29) is 17.7 Å². The average Bonchev–Trinajstić information content (AvgIpc) is 2.46. The lowest BCUT2D eigenvalue weighted by Crippen LogP contribution is -2.25. The number of nitrogens with one attached hydrogen (secondary N) is 1. The van der Waals surface area contributed by atoms with E-state index in [2.05, 4.69) is 17.2 Å². The number of halogens is 2. The quantitative estimate of drug-likeness (QED) is 0.871. The first-order valence-corrected chi connectivity index (χ1v) is 7.20. The number of nitrogens with zero attached hydrogens (tertiary/aromatic N) is 1. The molecule has 0 aliphatic carbocycles. The Bertz CT molecular complexity index is 582. The maximum Gasteiger partial charge on any atom is 0.141 e. The van der Waals surface area contributed by atoms with E-state index in [0.29, 0.717) is 6.42 Å². The normalized spacial score (nSPS) is 12.4. The maximum absolute atomic E-state index is 13.2. The van der Waals surface area contributed by atoms with E-state index in [0.717, 1.165) is 29.8 Å². The molecule has 0 saturated heterocycles. The number of rotatable bonds is 6. The molecule has 0 bridgehead atoms. The van der Waals surface area contributed by atoms with Crippen LogP contribution in [0.25, 0.3) is 0 Å². The monoisotopic (exact) mass is 290 g/mol. The first-order chi connectivity index (χ1) is 10.1. The van der Waals surface area contributed by atoms with Crippen molar-refractivity contribution < 1.29 is 8.78 Å². The van der Waals surface area contributed by atoms with Gasteiger partial charge in [0.15, 0.2) is 0 Å². The zero-order chi connectivity index (χ0) is 15.2. The van der Waals surface area contributed by atoms with Gasteiger partial charge in [-0.1, -0.05) is 13.0 Å². The molecule has 1 unspecified atom stereocenters. The Morgan fingerprint density at radius 2 is 1.90 bits per heavy atom. The molecule has 1 aromatic heterocycles. The molecule has 0 radical (unpaired) electrons. The third-order valence-corrected chi connectivity index (χ3v) is 3.48. The Morgan fingerprint density at radius 3 is 2.52 bits per heavy atom. The van der Waals surface area contributed by atoms with Gasteiger partial charge in [0, 0.05) is 0 Å². The van der Waals surface area contributed by atoms with Crippen LogP contribution in [0.4, 0.5) is 8.78 Å². The van der Waals surface area contributed by atoms with Crippen LogP contribution in [0.5, 0.6) is 0 Å². The summed E-state index contributed by atoms with van der Waals surface area (Å²) in [4.78, 5) is 4.16. The van der Waals surface area contributed by atoms with Crippen molar-refractivity contribution in [3.63, 3.8) is 0 Å². The van der Waals surface area contributed by atoms with Gasteiger partial charge in [0.1, 0.15) is 11.6 Å². The summed E-state index contributed by atoms with van der Waals surface area (Å²) >= 11 is 0. The summed E-state index contributed by atoms with van der Waals surface area (Å²) in [5.74, 6) is -0.569. The van der Waals surface area contributed by atoms with Crippen molar-refractivity contribution in [2.75, 3.05) is 6.54 Å². The molecule has 2 aromatic rings. The van der Waals surface area contributed by atoms with E-state index >= 15 is 0 Å². The van der Waals surface area contributed by atoms with Crippen molar-refractivity contribution in [1.29, 1.82) is 0 Å². The smallest absolute Gasteiger partial charge is 0.141 e. The molecule has 2 rings (SSSR count). The van der Waals surface area contributed by atoms with E-state index in [4.69, 9.17) is 0 Å². The van der Waals surface area contributed by atoms with Crippen LogP contribution < -0.4 is 5.32 Å². The van der Waals surface area contributed by atoms with Crippen LogP contribution in [0.15, 0.2) is 36.5 Å². The SMILES string of the molecule is CCCNC(Cc1ccc(F)cc1C)c1ccc(F)cn1. The van der Waals surface area contributed by atoms with E-state index in [1.165, 1.54) is 24.4 Å². The van der Waals surface area contributed by atoms with Crippen molar-refractivity contribution in [2.45, 2.75) is 32.7 Å². The molecule has 1 N–H and O–H groups in total. The second kappa shape index (κ2) is 7.27. The van der Waals surface area contributed by atoms with Crippen LogP contribution in [-0.4, -0.2) is 11.5 Å². The zero-order valence-electron chi connectivity index (χ0n) is 12.4. The summed E-state index contributed by atoms with van der Waals surface area (Å²) in [5.41, 5.74) is 2.78. The molecule has 0 aliphatic heterocycles.